The van der Waals surface area contributed by atoms with Crippen molar-refractivity contribution < 1.29 is 33.5 Å². The van der Waals surface area contributed by atoms with Gasteiger partial charge in [-0.3, -0.25) is 48.4 Å². The Morgan fingerprint density at radius 3 is 1.04 bits per heavy atom. The van der Waals surface area contributed by atoms with E-state index in [1.54, 1.807) is 0 Å². The number of ketones is 6. The fourth-order valence-corrected chi connectivity index (χ4v) is 21.2. The summed E-state index contributed by atoms with van der Waals surface area (Å²) in [5.74, 6) is 3.96. The Bertz CT molecular complexity index is 3880. The molecule has 4 aliphatic heterocycles. The second kappa shape index (κ2) is 41.6. The molecule has 0 spiro atoms. The molecule has 0 amide bonds. The van der Waals surface area contributed by atoms with Gasteiger partial charge in [0.05, 0.1) is 13.2 Å². The van der Waals surface area contributed by atoms with Crippen molar-refractivity contribution in [1.82, 2.24) is 30.2 Å². The van der Waals surface area contributed by atoms with Gasteiger partial charge in [0.15, 0.2) is 34.7 Å². The molecule has 0 radical (unpaired) electrons. The molecule has 4 saturated heterocycles. The van der Waals surface area contributed by atoms with Crippen LogP contribution in [0.4, 0.5) is 0 Å². The van der Waals surface area contributed by atoms with Crippen LogP contribution in [0.25, 0.3) is 0 Å². The molecule has 6 saturated carbocycles. The highest BCUT2D eigenvalue weighted by atomic mass is 16.5. The molecule has 6 aliphatic carbocycles. The number of ether oxygens (including phenoxy) is 1. The average Bonchev–Trinajstić information content (AvgIpc) is 0.890. The molecule has 13 heteroatoms. The van der Waals surface area contributed by atoms with Crippen molar-refractivity contribution >= 4 is 34.7 Å². The predicted molar refractivity (Wildman–Crippen MR) is 454 cm³/mol. The van der Waals surface area contributed by atoms with Gasteiger partial charge in [-0.15, -0.1) is 0 Å². The number of piperidine rings is 2. The van der Waals surface area contributed by atoms with Crippen LogP contribution in [0, 0.1) is 18.8 Å². The van der Waals surface area contributed by atoms with E-state index in [2.05, 4.69) is 173 Å². The van der Waals surface area contributed by atoms with Gasteiger partial charge in [0.25, 0.3) is 0 Å². The summed E-state index contributed by atoms with van der Waals surface area (Å²) in [5, 5.41) is 6.58. The highest BCUT2D eigenvalue weighted by Crippen LogP contribution is 2.47. The van der Waals surface area contributed by atoms with E-state index in [1.807, 2.05) is 68.7 Å². The molecule has 112 heavy (non-hydrogen) atoms. The monoisotopic (exact) mass is 1520 g/mol. The number of carbonyl (C=O) groups is 6. The number of carbonyl (C=O) groups excluding carboxylic acids is 6. The highest BCUT2D eigenvalue weighted by Gasteiger charge is 2.51. The average molecular weight is 1520 g/mol. The molecule has 2 N–H and O–H groups in total. The number of likely N-dealkylation sites (tertiary alicyclic amines) is 3. The SMILES string of the molecule is CC1CCCN([C@@]2(c3ccccc3)CCCCC2=O)C1.CC1CCN([C@@]2(c3ccccc3)CCCCC2=O)CC1.CCc1ccccc1[C@]1(NC)CCCCC1=O.CN[C@@]1(c2ccccc2C)CCCCC1=O.O=C1CCCC[C@]1(c1ccccc1)N1CCCCCC1.O=C1CCCC[C@]1(c1ccccc1)N1CCOCC1. The van der Waals surface area contributed by atoms with Gasteiger partial charge in [0.1, 0.15) is 33.2 Å². The molecule has 10 fully saturated rings. The summed E-state index contributed by atoms with van der Waals surface area (Å²) < 4.78 is 5.45. The fourth-order valence-electron chi connectivity index (χ4n) is 21.2. The second-order valence-corrected chi connectivity index (χ2v) is 34.2. The quantitative estimate of drug-likeness (QED) is 0.113. The number of nitrogens with one attached hydrogen (secondary N) is 2. The van der Waals surface area contributed by atoms with Gasteiger partial charge in [-0.2, -0.15) is 0 Å². The Morgan fingerprint density at radius 1 is 0.330 bits per heavy atom. The van der Waals surface area contributed by atoms with Gasteiger partial charge in [-0.1, -0.05) is 242 Å². The first-order chi connectivity index (χ1) is 54.6. The first kappa shape index (κ1) is 85.9. The molecular weight excluding hydrogens is 1390 g/mol. The molecule has 16 rings (SSSR count). The van der Waals surface area contributed by atoms with Crippen LogP contribution in [0.1, 0.15) is 271 Å². The molecule has 7 atom stereocenters. The third-order valence-corrected chi connectivity index (χ3v) is 27.5. The van der Waals surface area contributed by atoms with Crippen LogP contribution in [-0.2, 0) is 73.2 Å². The largest absolute Gasteiger partial charge is 0.379 e. The smallest absolute Gasteiger partial charge is 0.157 e. The number of nitrogens with zero attached hydrogens (tertiary/aromatic N) is 4. The summed E-state index contributed by atoms with van der Waals surface area (Å²) in [7, 11) is 3.81. The van der Waals surface area contributed by atoms with E-state index in [0.29, 0.717) is 59.9 Å². The van der Waals surface area contributed by atoms with Gasteiger partial charge in [-0.05, 0) is 232 Å². The number of rotatable bonds is 13. The number of hydrogen-bond donors (Lipinski definition) is 2. The zero-order chi connectivity index (χ0) is 78.9. The Labute approximate surface area is 673 Å². The van der Waals surface area contributed by atoms with Gasteiger partial charge in [0.2, 0.25) is 0 Å². The number of aryl methyl sites for hydroxylation is 2. The summed E-state index contributed by atoms with van der Waals surface area (Å²) >= 11 is 0. The van der Waals surface area contributed by atoms with E-state index in [1.165, 1.54) is 110 Å². The lowest BCUT2D eigenvalue weighted by atomic mass is 9.73. The van der Waals surface area contributed by atoms with E-state index in [9.17, 15) is 28.8 Å². The Morgan fingerprint density at radius 2 is 0.661 bits per heavy atom. The maximum atomic E-state index is 12.9. The molecule has 0 bridgehead atoms. The number of morpholine rings is 1. The lowest BCUT2D eigenvalue weighted by Crippen LogP contribution is -2.57. The van der Waals surface area contributed by atoms with Gasteiger partial charge >= 0.3 is 0 Å². The maximum Gasteiger partial charge on any atom is 0.157 e. The number of hydrogen-bond acceptors (Lipinski definition) is 13. The molecule has 604 valence electrons. The summed E-state index contributed by atoms with van der Waals surface area (Å²) in [6.45, 7) is 18.5. The first-order valence-electron chi connectivity index (χ1n) is 44.1. The van der Waals surface area contributed by atoms with E-state index in [-0.39, 0.29) is 22.2 Å². The molecule has 10 aliphatic rings. The van der Waals surface area contributed by atoms with Crippen LogP contribution in [-0.4, -0.2) is 134 Å². The molecule has 13 nitrogen and oxygen atoms in total. The maximum absolute atomic E-state index is 12.9. The summed E-state index contributed by atoms with van der Waals surface area (Å²) in [6, 6.07) is 58.4. The van der Waals surface area contributed by atoms with Crippen LogP contribution >= 0.6 is 0 Å². The van der Waals surface area contributed by atoms with Crippen molar-refractivity contribution in [2.24, 2.45) is 11.8 Å². The Hall–Kier alpha value is -6.94. The minimum Gasteiger partial charge on any atom is -0.379 e. The molecule has 6 aromatic carbocycles. The van der Waals surface area contributed by atoms with E-state index < -0.39 is 11.1 Å². The zero-order valence-corrected chi connectivity index (χ0v) is 69.4. The molecule has 6 aromatic rings. The van der Waals surface area contributed by atoms with Crippen molar-refractivity contribution in [3.8, 4) is 0 Å². The van der Waals surface area contributed by atoms with Crippen LogP contribution in [0.15, 0.2) is 170 Å². The third-order valence-electron chi connectivity index (χ3n) is 27.5. The highest BCUT2D eigenvalue weighted by molar-refractivity contribution is 5.94. The Balaban J connectivity index is 0.000000133. The lowest BCUT2D eigenvalue weighted by molar-refractivity contribution is -0.139. The normalized spacial score (nSPS) is 28.7. The second-order valence-electron chi connectivity index (χ2n) is 34.2. The van der Waals surface area contributed by atoms with Crippen LogP contribution < -0.4 is 10.6 Å². The van der Waals surface area contributed by atoms with E-state index in [4.69, 9.17) is 4.74 Å². The molecule has 1 unspecified atom stereocenters. The zero-order valence-electron chi connectivity index (χ0n) is 69.4. The number of benzene rings is 6. The third kappa shape index (κ3) is 19.3. The van der Waals surface area contributed by atoms with Crippen molar-refractivity contribution in [1.29, 1.82) is 0 Å². The number of Topliss-reactive ketones (excluding diaryl/α,β-unsaturated/α-hetero) is 6. The van der Waals surface area contributed by atoms with Crippen LogP contribution in [0.3, 0.4) is 0 Å². The van der Waals surface area contributed by atoms with Gasteiger partial charge in [-0.25, -0.2) is 0 Å². The molecule has 4 heterocycles. The molecular formula is C99H136N6O7. The summed E-state index contributed by atoms with van der Waals surface area (Å²) in [5.41, 5.74) is 7.47. The van der Waals surface area contributed by atoms with Crippen LogP contribution in [0.5, 0.6) is 0 Å². The fraction of sp³-hybridized carbons (Fsp3) is 0.576. The number of likely N-dealkylation sites (N-methyl/N-ethyl adjacent to an activating group) is 2. The van der Waals surface area contributed by atoms with Crippen molar-refractivity contribution in [2.45, 2.75) is 273 Å². The summed E-state index contributed by atoms with van der Waals surface area (Å²) in [6.07, 6.45) is 34.5. The minimum atomic E-state index is -0.427. The van der Waals surface area contributed by atoms with Gasteiger partial charge in [0, 0.05) is 58.2 Å². The van der Waals surface area contributed by atoms with E-state index in [0.717, 1.165) is 199 Å². The standard InChI is InChI=1S/3C18H25NO.C16H21NO2.C15H21NO.C14H19NO/c1-15-8-7-13-19(14-15)18(12-6-5-11-17(18)20)16-9-3-2-4-10-16;1-15-10-13-19(14-11-15)18(12-6-5-9-17(18)20)16-7-3-2-4-8-16;20-17-12-6-7-13-18(17,16-10-4-3-5-11-16)19-14-8-1-2-9-15-19;18-15-8-4-5-9-16(15,14-6-2-1-3-7-14)17-10-12-19-13-11-17;1-3-12-8-4-5-9-13(12)15(16-2)11-7-6-10-14(15)17;1-11-7-3-4-8-12(11)14(15-2)10-6-5-9-13(14)16/h2-4,9-10,15H,5-8,11-14H2,1H3;2-4,7-8,15H,5-6,9-14H2,1H3;3-5,10-11H,1-2,6-9,12-15H2;1-3,6-7H,4-5,8-13H2;4-5,8-9,16H,3,6-7,10-11H2,1-2H3;3-4,7-8,15H,5-6,9-10H2,1-2H3/t15?,18-;2*18-;16-;15-;14-/m111111/s1. The lowest BCUT2D eigenvalue weighted by Gasteiger charge is -2.48. The van der Waals surface area contributed by atoms with E-state index >= 15 is 0 Å². The molecule has 0 aromatic heterocycles. The van der Waals surface area contributed by atoms with Crippen molar-refractivity contribution in [3.05, 3.63) is 214 Å². The first-order valence-corrected chi connectivity index (χ1v) is 44.1. The van der Waals surface area contributed by atoms with Crippen LogP contribution in [0.2, 0.25) is 0 Å². The summed E-state index contributed by atoms with van der Waals surface area (Å²) in [4.78, 5) is 85.8. The topological polar surface area (TPSA) is 149 Å². The predicted octanol–water partition coefficient (Wildman–Crippen LogP) is 19.1. The van der Waals surface area contributed by atoms with Gasteiger partial charge < -0.3 is 15.4 Å². The van der Waals surface area contributed by atoms with Crippen molar-refractivity contribution in [3.63, 3.8) is 0 Å². The Kier molecular flexibility index (Phi) is 31.9. The van der Waals surface area contributed by atoms with Crippen molar-refractivity contribution in [2.75, 3.05) is 79.7 Å². The minimum absolute atomic E-state index is 0.316.